The number of H-pyrrole nitrogens is 2. The van der Waals surface area contributed by atoms with Crippen LogP contribution in [0.15, 0.2) is 48.5 Å². The molecule has 0 amide bonds. The SMILES string of the molecule is Fc1cc(F)c(-c2c3nc(c(-c4c(F)c(F)c(F)c(F)c4F)c4nc(c(-c5c(F)c(F)c(F)c(F)c5F)c5ccc([nH]5)c(-c5c(F)cc(F)cc5F)c5nc(c(-c6c(F)c(F)c(F)c(F)c6F)c6nc(c(-c7c(F)c(F)c(F)c(F)c7F)c7ccc2[nH]7)C=C6)C=C5)C=C4)C=C3)c(F)c1. The van der Waals surface area contributed by atoms with E-state index in [9.17, 15) is 26.3 Å². The molecule has 32 heteroatoms. The minimum absolute atomic E-state index is 0.0157. The molecule has 4 aliphatic rings. The van der Waals surface area contributed by atoms with Crippen LogP contribution in [0.2, 0.25) is 0 Å². The van der Waals surface area contributed by atoms with Gasteiger partial charge >= 0.3 is 0 Å². The quantitative estimate of drug-likeness (QED) is 0.0987. The van der Waals surface area contributed by atoms with Crippen molar-refractivity contribution in [1.29, 1.82) is 0 Å². The Morgan fingerprint density at radius 2 is 0.327 bits per heavy atom. The van der Waals surface area contributed by atoms with E-state index in [1.165, 1.54) is 0 Å². The third-order valence-corrected chi connectivity index (χ3v) is 15.4. The van der Waals surface area contributed by atoms with Gasteiger partial charge in [-0.25, -0.2) is 134 Å². The van der Waals surface area contributed by atoms with Gasteiger partial charge in [-0.15, -0.1) is 0 Å². The van der Waals surface area contributed by atoms with Crippen molar-refractivity contribution in [2.45, 2.75) is 0 Å². The number of benzene rings is 6. The van der Waals surface area contributed by atoms with Gasteiger partial charge in [-0.05, 0) is 72.9 Å². The predicted octanol–water partition coefficient (Wildman–Crippen LogP) is 20.3. The summed E-state index contributed by atoms with van der Waals surface area (Å²) in [6.07, 6.45) is 4.47. The van der Waals surface area contributed by atoms with Gasteiger partial charge in [0.2, 0.25) is 23.3 Å². The number of nitrogens with one attached hydrogen (secondary N) is 2. The average Bonchev–Trinajstić information content (AvgIpc) is 1.56. The summed E-state index contributed by atoms with van der Waals surface area (Å²) in [6, 6.07) is 2.60. The highest BCUT2D eigenvalue weighted by atomic mass is 19.2. The number of aromatic nitrogens is 6. The lowest BCUT2D eigenvalue weighted by molar-refractivity contribution is 0.381. The molecule has 0 radical (unpaired) electrons. The molecule has 2 N–H and O–H groups in total. The molecule has 6 aromatic carbocycles. The molecule has 0 spiro atoms. The van der Waals surface area contributed by atoms with E-state index in [1.54, 1.807) is 0 Å². The fraction of sp³-hybridized carbons (Fsp3) is 0. The van der Waals surface area contributed by atoms with Crippen LogP contribution in [0.25, 0.3) is 137 Å². The molecular weight excluding hydrogens is 1370 g/mol. The molecule has 494 valence electrons. The second-order valence-electron chi connectivity index (χ2n) is 21.0. The smallest absolute Gasteiger partial charge is 0.200 e. The Bertz CT molecular complexity index is 5160. The Morgan fingerprint density at radius 3 is 0.520 bits per heavy atom. The molecule has 6 nitrogen and oxygen atoms in total. The monoisotopic (exact) mass is 1390 g/mol. The van der Waals surface area contributed by atoms with Gasteiger partial charge in [0.1, 0.15) is 34.9 Å². The molecule has 0 saturated heterocycles. The molecule has 3 aromatic heterocycles. The van der Waals surface area contributed by atoms with Crippen LogP contribution in [0.4, 0.5) is 114 Å². The maximum absolute atomic E-state index is 16.4. The van der Waals surface area contributed by atoms with Crippen LogP contribution in [0.5, 0.6) is 0 Å². The molecule has 0 fully saturated rings. The summed E-state index contributed by atoms with van der Waals surface area (Å²) in [5, 5.41) is 0. The molecule has 0 atom stereocenters. The van der Waals surface area contributed by atoms with Crippen molar-refractivity contribution in [2.75, 3.05) is 0 Å². The first-order valence-corrected chi connectivity index (χ1v) is 27.0. The molecule has 12 bridgehead atoms. The van der Waals surface area contributed by atoms with Crippen LogP contribution < -0.4 is 0 Å². The second kappa shape index (κ2) is 23.6. The fourth-order valence-electron chi connectivity index (χ4n) is 11.2. The van der Waals surface area contributed by atoms with Gasteiger partial charge in [-0.2, -0.15) is 0 Å². The number of fused-ring (bicyclic) bond motifs is 12. The Morgan fingerprint density at radius 1 is 0.173 bits per heavy atom. The summed E-state index contributed by atoms with van der Waals surface area (Å²) in [7, 11) is 0. The van der Waals surface area contributed by atoms with Crippen LogP contribution in [0, 0.1) is 151 Å². The Hall–Kier alpha value is -11.6. The fourth-order valence-corrected chi connectivity index (χ4v) is 11.2. The number of aromatic amines is 2. The first kappa shape index (κ1) is 65.1. The summed E-state index contributed by atoms with van der Waals surface area (Å²) >= 11 is 0. The van der Waals surface area contributed by atoms with Crippen LogP contribution in [0.3, 0.4) is 0 Å². The maximum atomic E-state index is 16.4. The molecular formula is C66H18F26N6. The Balaban J connectivity index is 1.32. The molecule has 4 aliphatic heterocycles. The van der Waals surface area contributed by atoms with Gasteiger partial charge in [0, 0.05) is 79.7 Å². The van der Waals surface area contributed by atoms with E-state index in [-0.39, 0.29) is 24.3 Å². The van der Waals surface area contributed by atoms with Crippen LogP contribution in [-0.2, 0) is 0 Å². The van der Waals surface area contributed by atoms with Gasteiger partial charge < -0.3 is 9.97 Å². The lowest BCUT2D eigenvalue weighted by Gasteiger charge is -2.11. The van der Waals surface area contributed by atoms with E-state index < -0.39 is 286 Å². The summed E-state index contributed by atoms with van der Waals surface area (Å²) in [6.45, 7) is 0. The van der Waals surface area contributed by atoms with Gasteiger partial charge in [0.15, 0.2) is 93.1 Å². The van der Waals surface area contributed by atoms with Crippen molar-refractivity contribution in [3.8, 4) is 66.8 Å². The first-order chi connectivity index (χ1) is 46.4. The highest BCUT2D eigenvalue weighted by Crippen LogP contribution is 2.47. The minimum Gasteiger partial charge on any atom is -0.354 e. The molecule has 0 saturated carbocycles. The third-order valence-electron chi connectivity index (χ3n) is 15.4. The zero-order chi connectivity index (χ0) is 70.4. The van der Waals surface area contributed by atoms with Gasteiger partial charge in [0.05, 0.1) is 78.9 Å². The van der Waals surface area contributed by atoms with Crippen molar-refractivity contribution >= 4 is 70.7 Å². The molecule has 13 rings (SSSR count). The summed E-state index contributed by atoms with van der Waals surface area (Å²) < 4.78 is 410. The van der Waals surface area contributed by atoms with E-state index in [0.29, 0.717) is 72.9 Å². The van der Waals surface area contributed by atoms with Crippen LogP contribution in [0.1, 0.15) is 45.6 Å². The lowest BCUT2D eigenvalue weighted by Crippen LogP contribution is -2.06. The molecule has 98 heavy (non-hydrogen) atoms. The number of nitrogens with zero attached hydrogens (tertiary/aromatic N) is 4. The number of rotatable bonds is 6. The van der Waals surface area contributed by atoms with Crippen LogP contribution >= 0.6 is 0 Å². The van der Waals surface area contributed by atoms with Gasteiger partial charge in [0.25, 0.3) is 0 Å². The predicted molar refractivity (Wildman–Crippen MR) is 299 cm³/mol. The maximum Gasteiger partial charge on any atom is 0.200 e. The summed E-state index contributed by atoms with van der Waals surface area (Å²) in [4.78, 5) is 20.9. The van der Waals surface area contributed by atoms with E-state index in [0.717, 1.165) is 0 Å². The van der Waals surface area contributed by atoms with Crippen molar-refractivity contribution in [2.24, 2.45) is 0 Å². The van der Waals surface area contributed by atoms with Gasteiger partial charge in [-0.1, -0.05) is 0 Å². The standard InChI is InChI=1S/C66H18F26N6/c67-17-13-19(69)35(20(70)14-17)37-23-1-5-27(93-23)39(43-47(73)55(81)63(89)56(82)48(43)74)31-9-10-32(97-31)41(45-51(77)59(85)65(91)60(86)52(45)78)29-7-3-25(95-29)38(36-21(71)15-18(68)16-22(36)72)26-4-8-30(96-26)42(46-53(79)61(87)66(92)62(88)54(46)80)34-12-11-33(98-34)40(28-6-2-24(37)94-28)44-49(75)57(83)64(90)58(84)50(44)76/h1-16,93,96H. The van der Waals surface area contributed by atoms with E-state index in [4.69, 9.17) is 0 Å². The highest BCUT2D eigenvalue weighted by Gasteiger charge is 2.37. The molecule has 0 unspecified atom stereocenters. The second-order valence-corrected chi connectivity index (χ2v) is 21.0. The lowest BCUT2D eigenvalue weighted by atomic mass is 10.00. The van der Waals surface area contributed by atoms with Crippen molar-refractivity contribution in [3.63, 3.8) is 0 Å². The first-order valence-electron chi connectivity index (χ1n) is 27.0. The zero-order valence-corrected chi connectivity index (χ0v) is 46.9. The van der Waals surface area contributed by atoms with E-state index in [1.807, 2.05) is 0 Å². The topological polar surface area (TPSA) is 83.1 Å². The normalized spacial score (nSPS) is 12.4. The van der Waals surface area contributed by atoms with Crippen molar-refractivity contribution in [1.82, 2.24) is 29.9 Å². The Labute approximate surface area is 525 Å². The number of halogens is 26. The summed E-state index contributed by atoms with van der Waals surface area (Å²) in [5.74, 6) is -65.8. The molecule has 9 aromatic rings. The highest BCUT2D eigenvalue weighted by molar-refractivity contribution is 6.01. The zero-order valence-electron chi connectivity index (χ0n) is 46.9. The minimum atomic E-state index is -2.81. The van der Waals surface area contributed by atoms with Gasteiger partial charge in [-0.3, -0.25) is 0 Å². The number of hydrogen-bond acceptors (Lipinski definition) is 4. The molecule has 0 aliphatic carbocycles. The summed E-state index contributed by atoms with van der Waals surface area (Å²) in [5.41, 5.74) is -31.6. The van der Waals surface area contributed by atoms with Crippen LogP contribution in [-0.4, -0.2) is 29.9 Å². The molecule has 7 heterocycles. The van der Waals surface area contributed by atoms with E-state index >= 15 is 87.8 Å². The number of hydrogen-bond donors (Lipinski definition) is 2. The third kappa shape index (κ3) is 9.99. The van der Waals surface area contributed by atoms with Crippen molar-refractivity contribution < 1.29 is 114 Å². The average molecular weight is 1390 g/mol. The van der Waals surface area contributed by atoms with Crippen molar-refractivity contribution in [3.05, 3.63) is 245 Å². The Kier molecular flexibility index (Phi) is 15.7. The largest absolute Gasteiger partial charge is 0.354 e. The van der Waals surface area contributed by atoms with E-state index in [2.05, 4.69) is 29.9 Å².